The van der Waals surface area contributed by atoms with Crippen LogP contribution < -0.4 is 9.47 Å². The number of aromatic nitrogens is 2. The summed E-state index contributed by atoms with van der Waals surface area (Å²) in [6.45, 7) is 2.69. The highest BCUT2D eigenvalue weighted by Crippen LogP contribution is 2.25. The van der Waals surface area contributed by atoms with Gasteiger partial charge in [0.25, 0.3) is 0 Å². The molecule has 0 saturated heterocycles. The molecule has 0 amide bonds. The molecule has 0 fully saturated rings. The van der Waals surface area contributed by atoms with Gasteiger partial charge in [0.05, 0.1) is 12.3 Å². The van der Waals surface area contributed by atoms with Gasteiger partial charge in [0.2, 0.25) is 0 Å². The average Bonchev–Trinajstić information content (AvgIpc) is 3.08. The summed E-state index contributed by atoms with van der Waals surface area (Å²) >= 11 is 1.14. The van der Waals surface area contributed by atoms with E-state index < -0.39 is 5.97 Å². The molecule has 0 bridgehead atoms. The first-order valence-corrected chi connectivity index (χ1v) is 7.54. The Balaban J connectivity index is 1.79. The van der Waals surface area contributed by atoms with Crippen molar-refractivity contribution >= 4 is 22.3 Å². The minimum atomic E-state index is -0.971. The zero-order valence-electron chi connectivity index (χ0n) is 11.9. The molecule has 114 valence electrons. The van der Waals surface area contributed by atoms with Gasteiger partial charge >= 0.3 is 5.97 Å². The molecule has 2 aromatic heterocycles. The van der Waals surface area contributed by atoms with Gasteiger partial charge in [0.15, 0.2) is 4.96 Å². The minimum Gasteiger partial charge on any atom is -0.494 e. The van der Waals surface area contributed by atoms with Gasteiger partial charge in [-0.05, 0) is 31.2 Å². The molecule has 1 N–H and O–H groups in total. The summed E-state index contributed by atoms with van der Waals surface area (Å²) < 4.78 is 12.8. The van der Waals surface area contributed by atoms with Crippen LogP contribution in [0.5, 0.6) is 11.5 Å². The molecule has 0 unspecified atom stereocenters. The molecular formula is C15H14N2O4S. The summed E-state index contributed by atoms with van der Waals surface area (Å²) in [4.78, 5) is 16.3. The number of ether oxygens (including phenoxy) is 2. The lowest BCUT2D eigenvalue weighted by molar-refractivity contribution is 0.0698. The van der Waals surface area contributed by atoms with Crippen molar-refractivity contribution in [3.05, 3.63) is 47.2 Å². The highest BCUT2D eigenvalue weighted by atomic mass is 32.1. The van der Waals surface area contributed by atoms with E-state index in [1.807, 2.05) is 19.1 Å². The maximum atomic E-state index is 11.3. The molecule has 22 heavy (non-hydrogen) atoms. The first-order valence-electron chi connectivity index (χ1n) is 6.72. The van der Waals surface area contributed by atoms with Crippen LogP contribution in [0.1, 0.15) is 22.3 Å². The second-order valence-electron chi connectivity index (χ2n) is 4.46. The highest BCUT2D eigenvalue weighted by Gasteiger charge is 2.18. The Morgan fingerprint density at radius 3 is 2.59 bits per heavy atom. The van der Waals surface area contributed by atoms with Crippen LogP contribution in [-0.2, 0) is 6.61 Å². The number of carbonyl (C=O) groups is 1. The van der Waals surface area contributed by atoms with Gasteiger partial charge in [-0.15, -0.1) is 0 Å². The van der Waals surface area contributed by atoms with Crippen LogP contribution in [0.2, 0.25) is 0 Å². The number of imidazole rings is 1. The van der Waals surface area contributed by atoms with Crippen LogP contribution in [0, 0.1) is 0 Å². The van der Waals surface area contributed by atoms with Gasteiger partial charge in [-0.2, -0.15) is 0 Å². The first kappa shape index (κ1) is 14.4. The minimum absolute atomic E-state index is 0.159. The van der Waals surface area contributed by atoms with Crippen molar-refractivity contribution in [1.82, 2.24) is 9.38 Å². The number of carboxylic acid groups (broad SMARTS) is 1. The SMILES string of the molecule is CCOc1ccc(OCc2c(C(=O)O)sc3nccn23)cc1. The van der Waals surface area contributed by atoms with E-state index in [1.54, 1.807) is 28.9 Å². The van der Waals surface area contributed by atoms with E-state index in [1.165, 1.54) is 0 Å². The maximum Gasteiger partial charge on any atom is 0.347 e. The number of fused-ring (bicyclic) bond motifs is 1. The summed E-state index contributed by atoms with van der Waals surface area (Å²) in [5, 5.41) is 9.27. The number of aromatic carboxylic acids is 1. The van der Waals surface area contributed by atoms with Crippen LogP contribution >= 0.6 is 11.3 Å². The molecule has 0 aliphatic carbocycles. The number of hydrogen-bond acceptors (Lipinski definition) is 5. The Hall–Kier alpha value is -2.54. The van der Waals surface area contributed by atoms with Crippen molar-refractivity contribution in [2.24, 2.45) is 0 Å². The summed E-state index contributed by atoms with van der Waals surface area (Å²) in [5.74, 6) is 0.452. The molecule has 0 saturated carbocycles. The molecule has 3 rings (SSSR count). The Bertz CT molecular complexity index is 792. The van der Waals surface area contributed by atoms with Crippen molar-refractivity contribution in [3.63, 3.8) is 0 Å². The van der Waals surface area contributed by atoms with E-state index in [9.17, 15) is 9.90 Å². The second-order valence-corrected chi connectivity index (χ2v) is 5.43. The number of benzene rings is 1. The van der Waals surface area contributed by atoms with Crippen LogP contribution in [0.15, 0.2) is 36.7 Å². The molecule has 6 nitrogen and oxygen atoms in total. The van der Waals surface area contributed by atoms with E-state index in [2.05, 4.69) is 4.98 Å². The van der Waals surface area contributed by atoms with Crippen LogP contribution in [-0.4, -0.2) is 27.1 Å². The predicted molar refractivity (Wildman–Crippen MR) is 82.0 cm³/mol. The van der Waals surface area contributed by atoms with Gasteiger partial charge in [0.1, 0.15) is 23.0 Å². The van der Waals surface area contributed by atoms with Crippen LogP contribution in [0.3, 0.4) is 0 Å². The third-order valence-corrected chi connectivity index (χ3v) is 4.16. The summed E-state index contributed by atoms with van der Waals surface area (Å²) in [6.07, 6.45) is 3.37. The van der Waals surface area contributed by atoms with Crippen LogP contribution in [0.25, 0.3) is 4.96 Å². The molecule has 0 spiro atoms. The maximum absolute atomic E-state index is 11.3. The molecule has 0 atom stereocenters. The Morgan fingerprint density at radius 2 is 1.95 bits per heavy atom. The van der Waals surface area contributed by atoms with E-state index >= 15 is 0 Å². The number of rotatable bonds is 6. The summed E-state index contributed by atoms with van der Waals surface area (Å²) in [6, 6.07) is 7.22. The lowest BCUT2D eigenvalue weighted by atomic mass is 10.3. The standard InChI is InChI=1S/C15H14N2O4S/c1-2-20-10-3-5-11(6-4-10)21-9-12-13(14(18)19)22-15-16-7-8-17(12)15/h3-8H,2,9H2,1H3,(H,18,19). The fourth-order valence-electron chi connectivity index (χ4n) is 2.08. The Morgan fingerprint density at radius 1 is 1.27 bits per heavy atom. The number of hydrogen-bond donors (Lipinski definition) is 1. The first-order chi connectivity index (χ1) is 10.7. The van der Waals surface area contributed by atoms with E-state index in [4.69, 9.17) is 9.47 Å². The van der Waals surface area contributed by atoms with Gasteiger partial charge in [-0.25, -0.2) is 9.78 Å². The van der Waals surface area contributed by atoms with E-state index in [0.29, 0.717) is 23.0 Å². The van der Waals surface area contributed by atoms with Gasteiger partial charge < -0.3 is 14.6 Å². The molecule has 1 aromatic carbocycles. The highest BCUT2D eigenvalue weighted by molar-refractivity contribution is 7.18. The van der Waals surface area contributed by atoms with Crippen molar-refractivity contribution < 1.29 is 19.4 Å². The zero-order chi connectivity index (χ0) is 15.5. The van der Waals surface area contributed by atoms with Crippen molar-refractivity contribution in [1.29, 1.82) is 0 Å². The topological polar surface area (TPSA) is 73.1 Å². The molecule has 3 aromatic rings. The van der Waals surface area contributed by atoms with E-state index in [0.717, 1.165) is 17.1 Å². The third-order valence-electron chi connectivity index (χ3n) is 3.06. The fraction of sp³-hybridized carbons (Fsp3) is 0.200. The molecule has 2 heterocycles. The summed E-state index contributed by atoms with van der Waals surface area (Å²) in [7, 11) is 0. The molecule has 0 aliphatic rings. The average molecular weight is 318 g/mol. The number of thiazole rings is 1. The quantitative estimate of drug-likeness (QED) is 0.756. The Labute approximate surface area is 130 Å². The number of nitrogens with zero attached hydrogens (tertiary/aromatic N) is 2. The molecule has 0 radical (unpaired) electrons. The number of carboxylic acids is 1. The fourth-order valence-corrected chi connectivity index (χ4v) is 3.01. The van der Waals surface area contributed by atoms with Crippen molar-refractivity contribution in [3.8, 4) is 11.5 Å². The van der Waals surface area contributed by atoms with Crippen molar-refractivity contribution in [2.45, 2.75) is 13.5 Å². The molecular weight excluding hydrogens is 304 g/mol. The lowest BCUT2D eigenvalue weighted by Gasteiger charge is -2.08. The summed E-state index contributed by atoms with van der Waals surface area (Å²) in [5.41, 5.74) is 0.582. The van der Waals surface area contributed by atoms with Crippen LogP contribution in [0.4, 0.5) is 0 Å². The monoisotopic (exact) mass is 318 g/mol. The lowest BCUT2D eigenvalue weighted by Crippen LogP contribution is -2.05. The smallest absolute Gasteiger partial charge is 0.347 e. The zero-order valence-corrected chi connectivity index (χ0v) is 12.7. The van der Waals surface area contributed by atoms with Gasteiger partial charge in [-0.3, -0.25) is 4.40 Å². The molecule has 7 heteroatoms. The second kappa shape index (κ2) is 6.07. The van der Waals surface area contributed by atoms with Gasteiger partial charge in [-0.1, -0.05) is 11.3 Å². The normalized spacial score (nSPS) is 10.8. The third kappa shape index (κ3) is 2.75. The predicted octanol–water partition coefficient (Wildman–Crippen LogP) is 3.07. The van der Waals surface area contributed by atoms with Crippen molar-refractivity contribution in [2.75, 3.05) is 6.61 Å². The van der Waals surface area contributed by atoms with Gasteiger partial charge in [0, 0.05) is 12.4 Å². The van der Waals surface area contributed by atoms with E-state index in [-0.39, 0.29) is 11.5 Å². The molecule has 0 aliphatic heterocycles. The Kier molecular flexibility index (Phi) is 3.97. The largest absolute Gasteiger partial charge is 0.494 e.